The van der Waals surface area contributed by atoms with Crippen LogP contribution in [0.25, 0.3) is 66.8 Å². The van der Waals surface area contributed by atoms with E-state index in [0.717, 1.165) is 44.5 Å². The molecule has 8 aromatic rings. The predicted molar refractivity (Wildman–Crippen MR) is 277 cm³/mol. The zero-order valence-corrected chi connectivity index (χ0v) is 42.9. The Hall–Kier alpha value is -6.48. The molecule has 0 aliphatic carbocycles. The summed E-state index contributed by atoms with van der Waals surface area (Å²) in [6.45, 7) is 14.6. The summed E-state index contributed by atoms with van der Waals surface area (Å²) in [4.78, 5) is 0. The minimum atomic E-state index is -5.05. The molecule has 0 spiro atoms. The lowest BCUT2D eigenvalue weighted by Crippen LogP contribution is -2.13. The van der Waals surface area contributed by atoms with Crippen molar-refractivity contribution in [1.82, 2.24) is 0 Å². The van der Waals surface area contributed by atoms with Gasteiger partial charge in [-0.2, -0.15) is 52.7 Å². The van der Waals surface area contributed by atoms with Gasteiger partial charge in [-0.15, -0.1) is 0 Å². The molecule has 0 N–H and O–H groups in total. The molecule has 380 valence electrons. The van der Waals surface area contributed by atoms with E-state index in [2.05, 4.69) is 0 Å². The van der Waals surface area contributed by atoms with Crippen LogP contribution in [0.5, 0.6) is 0 Å². The molecule has 0 aliphatic rings. The molecule has 0 aromatic heterocycles. The Labute approximate surface area is 424 Å². The largest absolute Gasteiger partial charge is 0.417 e. The van der Waals surface area contributed by atoms with Crippen LogP contribution in [0, 0.1) is 55.4 Å². The van der Waals surface area contributed by atoms with E-state index in [1.165, 1.54) is 24.3 Å². The molecule has 0 amide bonds. The lowest BCUT2D eigenvalue weighted by atomic mass is 9.86. The first kappa shape index (κ1) is 53.8. The van der Waals surface area contributed by atoms with Crippen molar-refractivity contribution < 1.29 is 52.7 Å². The van der Waals surface area contributed by atoms with Gasteiger partial charge in [0.05, 0.1) is 22.3 Å². The minimum Gasteiger partial charge on any atom is -0.166 e. The van der Waals surface area contributed by atoms with Gasteiger partial charge in [-0.25, -0.2) is 0 Å². The normalized spacial score (nSPS) is 12.5. The molecule has 0 saturated heterocycles. The van der Waals surface area contributed by atoms with Crippen LogP contribution in [0.3, 0.4) is 0 Å². The maximum absolute atomic E-state index is 15.0. The first-order valence-electron chi connectivity index (χ1n) is 23.2. The lowest BCUT2D eigenvalue weighted by Gasteiger charge is -2.23. The molecule has 74 heavy (non-hydrogen) atoms. The van der Waals surface area contributed by atoms with Crippen molar-refractivity contribution in [3.8, 4) is 66.8 Å². The first-order valence-corrected chi connectivity index (χ1v) is 25.7. The van der Waals surface area contributed by atoms with Crippen molar-refractivity contribution in [2.75, 3.05) is 0 Å². The van der Waals surface area contributed by atoms with Crippen LogP contribution in [0.1, 0.15) is 66.8 Å². The van der Waals surface area contributed by atoms with Crippen molar-refractivity contribution in [2.45, 2.75) is 80.1 Å². The molecule has 0 radical (unpaired) electrons. The smallest absolute Gasteiger partial charge is 0.166 e. The number of aryl methyl sites for hydroxylation is 8. The molecule has 0 fully saturated rings. The van der Waals surface area contributed by atoms with Gasteiger partial charge < -0.3 is 0 Å². The zero-order valence-electron chi connectivity index (χ0n) is 41.1. The highest BCUT2D eigenvalue weighted by molar-refractivity contribution is 7.91. The zero-order chi connectivity index (χ0) is 54.0. The molecular weight excluding hydrogens is 1010 g/mol. The Bertz CT molecular complexity index is 3080. The second kappa shape index (κ2) is 20.0. The molecule has 0 bridgehead atoms. The third-order valence-electron chi connectivity index (χ3n) is 13.4. The summed E-state index contributed by atoms with van der Waals surface area (Å²) >= 11 is 0. The maximum atomic E-state index is 15.0. The van der Waals surface area contributed by atoms with Crippen LogP contribution in [0.2, 0.25) is 0 Å². The number of halogens is 12. The van der Waals surface area contributed by atoms with E-state index < -0.39 is 58.1 Å². The average Bonchev–Trinajstić information content (AvgIpc) is 3.29. The van der Waals surface area contributed by atoms with Gasteiger partial charge in [-0.1, -0.05) is 72.8 Å². The van der Waals surface area contributed by atoms with E-state index in [1.54, 1.807) is 0 Å². The van der Waals surface area contributed by atoms with E-state index in [-0.39, 0.29) is 11.1 Å². The molecule has 0 unspecified atom stereocenters. The number of alkyl halides is 12. The van der Waals surface area contributed by atoms with E-state index in [1.807, 2.05) is 128 Å². The van der Waals surface area contributed by atoms with Crippen LogP contribution >= 0.6 is 15.7 Å². The van der Waals surface area contributed by atoms with Gasteiger partial charge in [0.1, 0.15) is 0 Å². The fourth-order valence-corrected chi connectivity index (χ4v) is 13.3. The Balaban J connectivity index is 1.59. The van der Waals surface area contributed by atoms with Gasteiger partial charge in [-0.05, 0) is 243 Å². The van der Waals surface area contributed by atoms with Gasteiger partial charge in [0.15, 0.2) is 0 Å². The molecule has 0 heterocycles. The van der Waals surface area contributed by atoms with Crippen molar-refractivity contribution in [3.05, 3.63) is 200 Å². The van der Waals surface area contributed by atoms with Gasteiger partial charge in [0.25, 0.3) is 0 Å². The van der Waals surface area contributed by atoms with Crippen LogP contribution in [0.4, 0.5) is 52.7 Å². The summed E-state index contributed by atoms with van der Waals surface area (Å²) in [5, 5.41) is 1.18. The molecule has 14 heteroatoms. The number of benzene rings is 8. The Kier molecular flexibility index (Phi) is 14.5. The minimum absolute atomic E-state index is 0.118. The van der Waals surface area contributed by atoms with Crippen molar-refractivity contribution >= 4 is 26.3 Å². The van der Waals surface area contributed by atoms with Crippen molar-refractivity contribution in [1.29, 1.82) is 0 Å². The second-order valence-electron chi connectivity index (χ2n) is 18.6. The molecule has 0 atom stereocenters. The number of rotatable bonds is 8. The average molecular weight is 1060 g/mol. The van der Waals surface area contributed by atoms with E-state index in [9.17, 15) is 26.3 Å². The summed E-state index contributed by atoms with van der Waals surface area (Å²) in [5.74, 6) is 0. The molecule has 0 aliphatic heterocycles. The standard InChI is InChI=1S/C60H46F12P2/c1-31-13-9-14-32(2)51(31)45-25-39(43-29-41(57(61,62)63)21-23-49(43)59(67,68)69)26-46(52-33(3)15-10-16-34(52)4)55(45)73-74-56-47(53-35(5)17-11-18-36(53)6)27-40(28-48(56)54-37(7)19-12-20-38(54)8)44-30-42(58(64,65)66)22-24-50(44)60(70,71)72/h9-30H,1-8H3. The predicted octanol–water partition coefficient (Wildman–Crippen LogP) is 20.0. The van der Waals surface area contributed by atoms with Crippen LogP contribution < -0.4 is 10.6 Å². The summed E-state index contributed by atoms with van der Waals surface area (Å²) in [5.41, 5.74) is 3.41. The molecule has 0 saturated carbocycles. The Morgan fingerprint density at radius 2 is 0.500 bits per heavy atom. The topological polar surface area (TPSA) is 0 Å². The number of hydrogen-bond acceptors (Lipinski definition) is 0. The summed E-state index contributed by atoms with van der Waals surface area (Å²) < 4.78 is 177. The van der Waals surface area contributed by atoms with E-state index in [0.29, 0.717) is 107 Å². The van der Waals surface area contributed by atoms with Gasteiger partial charge >= 0.3 is 24.7 Å². The maximum Gasteiger partial charge on any atom is 0.417 e. The quantitative estimate of drug-likeness (QED) is 0.105. The fourth-order valence-electron chi connectivity index (χ4n) is 10.0. The summed E-state index contributed by atoms with van der Waals surface area (Å²) in [6, 6.07) is 30.7. The van der Waals surface area contributed by atoms with Crippen molar-refractivity contribution in [3.63, 3.8) is 0 Å². The number of hydrogen-bond donors (Lipinski definition) is 0. The monoisotopic (exact) mass is 1060 g/mol. The highest BCUT2D eigenvalue weighted by Gasteiger charge is 2.40. The summed E-state index contributed by atoms with van der Waals surface area (Å²) in [7, 11) is 0.968. The third kappa shape index (κ3) is 10.6. The molecular formula is C60H46F12P2. The van der Waals surface area contributed by atoms with Gasteiger partial charge in [0.2, 0.25) is 0 Å². The Morgan fingerprint density at radius 3 is 0.703 bits per heavy atom. The van der Waals surface area contributed by atoms with Crippen molar-refractivity contribution in [2.24, 2.45) is 0 Å². The van der Waals surface area contributed by atoms with Crippen LogP contribution in [-0.2, 0) is 24.7 Å². The van der Waals surface area contributed by atoms with Crippen LogP contribution in [-0.4, -0.2) is 0 Å². The van der Waals surface area contributed by atoms with E-state index in [4.69, 9.17) is 0 Å². The highest BCUT2D eigenvalue weighted by atomic mass is 31.7. The molecule has 0 nitrogen and oxygen atoms in total. The summed E-state index contributed by atoms with van der Waals surface area (Å²) in [6.07, 6.45) is -20.1. The van der Waals surface area contributed by atoms with Crippen LogP contribution in [0.15, 0.2) is 133 Å². The highest BCUT2D eigenvalue weighted by Crippen LogP contribution is 2.48. The first-order chi connectivity index (χ1) is 34.6. The van der Waals surface area contributed by atoms with E-state index >= 15 is 26.3 Å². The second-order valence-corrected chi connectivity index (χ2v) is 21.1. The lowest BCUT2D eigenvalue weighted by molar-refractivity contribution is -0.141. The molecule has 8 aromatic carbocycles. The molecule has 8 rings (SSSR count). The Morgan fingerprint density at radius 1 is 0.270 bits per heavy atom. The third-order valence-corrected chi connectivity index (χ3v) is 16.4. The van der Waals surface area contributed by atoms with Gasteiger partial charge in [0, 0.05) is 10.6 Å². The SMILES string of the molecule is Cc1cccc(C)c1-c1cc(-c2cc(C(F)(F)F)ccc2C(F)(F)F)cc(-c2c(C)cccc2C)c1P=Pc1c(-c2c(C)cccc2C)cc(-c2cc(C(F)(F)F)ccc2C(F)(F)F)cc1-c1c(C)cccc1C. The van der Waals surface area contributed by atoms with Gasteiger partial charge in [-0.3, -0.25) is 0 Å². The fraction of sp³-hybridized carbons (Fsp3) is 0.200.